The van der Waals surface area contributed by atoms with Gasteiger partial charge >= 0.3 is 11.9 Å². The molecular weight excluding hydrogens is 394 g/mol. The maximum Gasteiger partial charge on any atom is 0.346 e. The van der Waals surface area contributed by atoms with Gasteiger partial charge in [0, 0.05) is 50.3 Å². The number of rotatable bonds is 7. The maximum absolute atomic E-state index is 11.8. The van der Waals surface area contributed by atoms with Crippen LogP contribution in [-0.2, 0) is 25.6 Å². The van der Waals surface area contributed by atoms with Gasteiger partial charge in [-0.3, -0.25) is 4.90 Å². The Morgan fingerprint density at radius 2 is 1.61 bits per heavy atom. The molecule has 0 radical (unpaired) electrons. The van der Waals surface area contributed by atoms with Gasteiger partial charge in [0.25, 0.3) is 0 Å². The number of benzene rings is 2. The Morgan fingerprint density at radius 3 is 2.23 bits per heavy atom. The molecule has 3 rings (SSSR count). The Bertz CT molecular complexity index is 914. The topological polar surface area (TPSA) is 71.1 Å². The predicted octanol–water partition coefficient (Wildman–Crippen LogP) is 2.96. The van der Waals surface area contributed by atoms with Crippen LogP contribution in [0.4, 0.5) is 11.4 Å². The lowest BCUT2D eigenvalue weighted by molar-refractivity contribution is -0.144. The molecule has 0 bridgehead atoms. The molecule has 7 heteroatoms. The van der Waals surface area contributed by atoms with Gasteiger partial charge in [0.2, 0.25) is 0 Å². The summed E-state index contributed by atoms with van der Waals surface area (Å²) >= 11 is 0. The minimum atomic E-state index is -0.748. The average Bonchev–Trinajstić information content (AvgIpc) is 2.80. The van der Waals surface area contributed by atoms with Gasteiger partial charge in [-0.15, -0.1) is 0 Å². The number of aryl methyl sites for hydroxylation is 1. The van der Waals surface area contributed by atoms with E-state index >= 15 is 0 Å². The summed E-state index contributed by atoms with van der Waals surface area (Å²) in [4.78, 5) is 28.4. The zero-order valence-electron chi connectivity index (χ0n) is 18.3. The van der Waals surface area contributed by atoms with Gasteiger partial charge in [0.05, 0.1) is 14.2 Å². The molecule has 0 atom stereocenters. The van der Waals surface area contributed by atoms with E-state index in [0.717, 1.165) is 44.0 Å². The monoisotopic (exact) mass is 423 g/mol. The van der Waals surface area contributed by atoms with Gasteiger partial charge in [-0.05, 0) is 36.8 Å². The van der Waals surface area contributed by atoms with Crippen LogP contribution >= 0.6 is 0 Å². The number of nitrogens with one attached hydrogen (secondary N) is 1. The van der Waals surface area contributed by atoms with E-state index in [-0.39, 0.29) is 5.57 Å². The smallest absolute Gasteiger partial charge is 0.346 e. The number of hydrogen-bond donors (Lipinski definition) is 1. The lowest BCUT2D eigenvalue weighted by Gasteiger charge is -2.36. The molecule has 0 spiro atoms. The second-order valence-electron chi connectivity index (χ2n) is 7.48. The normalized spacial score (nSPS) is 14.0. The van der Waals surface area contributed by atoms with Crippen molar-refractivity contribution in [3.8, 4) is 0 Å². The van der Waals surface area contributed by atoms with Crippen LogP contribution in [0.1, 0.15) is 11.1 Å². The van der Waals surface area contributed by atoms with E-state index in [4.69, 9.17) is 0 Å². The molecule has 1 aliphatic rings. The Morgan fingerprint density at radius 1 is 0.968 bits per heavy atom. The van der Waals surface area contributed by atoms with Crippen LogP contribution in [0.5, 0.6) is 0 Å². The summed E-state index contributed by atoms with van der Waals surface area (Å²) in [6, 6.07) is 16.6. The van der Waals surface area contributed by atoms with Crippen LogP contribution in [0.3, 0.4) is 0 Å². The van der Waals surface area contributed by atoms with Gasteiger partial charge in [-0.25, -0.2) is 9.59 Å². The van der Waals surface area contributed by atoms with Crippen molar-refractivity contribution in [2.24, 2.45) is 0 Å². The third kappa shape index (κ3) is 6.08. The van der Waals surface area contributed by atoms with Crippen LogP contribution in [-0.4, -0.2) is 57.2 Å². The summed E-state index contributed by atoms with van der Waals surface area (Å²) in [5, 5.41) is 3.00. The Labute approximate surface area is 183 Å². The van der Waals surface area contributed by atoms with Crippen molar-refractivity contribution in [2.45, 2.75) is 13.5 Å². The number of methoxy groups -OCH3 is 2. The standard InChI is InChI=1S/C24H29N3O4/c1-18-7-9-21(10-8-18)27-13-11-26(12-14-27)17-19-5-4-6-20(15-19)25-16-22(23(28)30-2)24(29)31-3/h4-10,15-16,25H,11-14,17H2,1-3H3. The molecule has 0 amide bonds. The van der Waals surface area contributed by atoms with E-state index in [1.165, 1.54) is 31.7 Å². The van der Waals surface area contributed by atoms with E-state index in [1.807, 2.05) is 18.2 Å². The number of ether oxygens (including phenoxy) is 2. The molecule has 1 heterocycles. The summed E-state index contributed by atoms with van der Waals surface area (Å²) in [5.41, 5.74) is 4.29. The van der Waals surface area contributed by atoms with Crippen LogP contribution in [0.15, 0.2) is 60.3 Å². The molecule has 0 aromatic heterocycles. The number of piperazine rings is 1. The van der Waals surface area contributed by atoms with Gasteiger partial charge in [-0.2, -0.15) is 0 Å². The summed E-state index contributed by atoms with van der Waals surface area (Å²) < 4.78 is 9.27. The largest absolute Gasteiger partial charge is 0.465 e. The third-order valence-electron chi connectivity index (χ3n) is 5.30. The fourth-order valence-corrected chi connectivity index (χ4v) is 3.51. The summed E-state index contributed by atoms with van der Waals surface area (Å²) in [6.07, 6.45) is 1.32. The van der Waals surface area contributed by atoms with E-state index < -0.39 is 11.9 Å². The van der Waals surface area contributed by atoms with Crippen molar-refractivity contribution < 1.29 is 19.1 Å². The first kappa shape index (κ1) is 22.4. The van der Waals surface area contributed by atoms with E-state index in [2.05, 4.69) is 61.8 Å². The minimum absolute atomic E-state index is 0.192. The average molecular weight is 424 g/mol. The van der Waals surface area contributed by atoms with Crippen LogP contribution < -0.4 is 10.2 Å². The molecule has 2 aromatic rings. The predicted molar refractivity (Wildman–Crippen MR) is 121 cm³/mol. The molecule has 1 saturated heterocycles. The highest BCUT2D eigenvalue weighted by atomic mass is 16.5. The number of carbonyl (C=O) groups excluding carboxylic acids is 2. The maximum atomic E-state index is 11.8. The zero-order valence-corrected chi connectivity index (χ0v) is 18.3. The van der Waals surface area contributed by atoms with E-state index in [1.54, 1.807) is 0 Å². The van der Waals surface area contributed by atoms with Gasteiger partial charge < -0.3 is 19.7 Å². The Balaban J connectivity index is 1.58. The second-order valence-corrected chi connectivity index (χ2v) is 7.48. The van der Waals surface area contributed by atoms with Crippen molar-refractivity contribution in [3.05, 3.63) is 71.4 Å². The van der Waals surface area contributed by atoms with Crippen molar-refractivity contribution in [1.82, 2.24) is 4.90 Å². The first-order chi connectivity index (χ1) is 15.0. The number of esters is 2. The number of carbonyl (C=O) groups is 2. The molecule has 1 N–H and O–H groups in total. The molecule has 1 fully saturated rings. The molecule has 0 unspecified atom stereocenters. The van der Waals surface area contributed by atoms with Crippen LogP contribution in [0.25, 0.3) is 0 Å². The van der Waals surface area contributed by atoms with Crippen molar-refractivity contribution in [2.75, 3.05) is 50.6 Å². The van der Waals surface area contributed by atoms with E-state index in [0.29, 0.717) is 0 Å². The highest BCUT2D eigenvalue weighted by molar-refractivity contribution is 6.14. The molecule has 164 valence electrons. The molecule has 0 saturated carbocycles. The summed E-state index contributed by atoms with van der Waals surface area (Å²) in [5.74, 6) is -1.50. The lowest BCUT2D eigenvalue weighted by Crippen LogP contribution is -2.45. The van der Waals surface area contributed by atoms with Crippen molar-refractivity contribution in [3.63, 3.8) is 0 Å². The Kier molecular flexibility index (Phi) is 7.67. The van der Waals surface area contributed by atoms with Gasteiger partial charge in [0.15, 0.2) is 5.57 Å². The molecule has 7 nitrogen and oxygen atoms in total. The lowest BCUT2D eigenvalue weighted by atomic mass is 10.1. The van der Waals surface area contributed by atoms with Gasteiger partial charge in [0.1, 0.15) is 0 Å². The first-order valence-electron chi connectivity index (χ1n) is 10.3. The number of anilines is 2. The zero-order chi connectivity index (χ0) is 22.2. The fourth-order valence-electron chi connectivity index (χ4n) is 3.51. The highest BCUT2D eigenvalue weighted by Crippen LogP contribution is 2.19. The molecule has 0 aliphatic carbocycles. The SMILES string of the molecule is COC(=O)C(=CNc1cccc(CN2CCN(c3ccc(C)cc3)CC2)c1)C(=O)OC. The third-order valence-corrected chi connectivity index (χ3v) is 5.30. The van der Waals surface area contributed by atoms with Crippen molar-refractivity contribution >= 4 is 23.3 Å². The van der Waals surface area contributed by atoms with Crippen molar-refractivity contribution in [1.29, 1.82) is 0 Å². The highest BCUT2D eigenvalue weighted by Gasteiger charge is 2.20. The minimum Gasteiger partial charge on any atom is -0.465 e. The molecule has 31 heavy (non-hydrogen) atoms. The molecular formula is C24H29N3O4. The van der Waals surface area contributed by atoms with E-state index in [9.17, 15) is 9.59 Å². The second kappa shape index (κ2) is 10.6. The summed E-state index contributed by atoms with van der Waals surface area (Å²) in [6.45, 7) is 6.89. The number of nitrogens with zero attached hydrogens (tertiary/aromatic N) is 2. The van der Waals surface area contributed by atoms with Crippen LogP contribution in [0.2, 0.25) is 0 Å². The first-order valence-corrected chi connectivity index (χ1v) is 10.3. The summed E-state index contributed by atoms with van der Waals surface area (Å²) in [7, 11) is 2.44. The Hall–Kier alpha value is -3.32. The van der Waals surface area contributed by atoms with Gasteiger partial charge in [-0.1, -0.05) is 29.8 Å². The fraction of sp³-hybridized carbons (Fsp3) is 0.333. The molecule has 2 aromatic carbocycles. The van der Waals surface area contributed by atoms with Crippen LogP contribution in [0, 0.1) is 6.92 Å². The number of hydrogen-bond acceptors (Lipinski definition) is 7. The molecule has 1 aliphatic heterocycles. The quantitative estimate of drug-likeness (QED) is 0.318.